The van der Waals surface area contributed by atoms with Crippen molar-refractivity contribution in [2.75, 3.05) is 23.1 Å². The quantitative estimate of drug-likeness (QED) is 0.681. The summed E-state index contributed by atoms with van der Waals surface area (Å²) in [6.45, 7) is 3.79. The molecule has 134 valence electrons. The molecular formula is C19H20N4O3. The summed E-state index contributed by atoms with van der Waals surface area (Å²) in [5, 5.41) is 12.2. The number of hydrogen-bond donors (Lipinski definition) is 4. The lowest BCUT2D eigenvalue weighted by molar-refractivity contribution is -0.119. The Labute approximate surface area is 151 Å². The van der Waals surface area contributed by atoms with Crippen molar-refractivity contribution in [3.63, 3.8) is 0 Å². The largest absolute Gasteiger partial charge is 0.497 e. The van der Waals surface area contributed by atoms with Crippen molar-refractivity contribution in [1.29, 1.82) is 0 Å². The van der Waals surface area contributed by atoms with Crippen molar-refractivity contribution >= 4 is 28.9 Å². The number of ether oxygens (including phenoxy) is 1. The van der Waals surface area contributed by atoms with Gasteiger partial charge in [0.15, 0.2) is 6.29 Å². The highest BCUT2D eigenvalue weighted by molar-refractivity contribution is 6.07. The summed E-state index contributed by atoms with van der Waals surface area (Å²) in [5.74, 6) is 0.484. The van der Waals surface area contributed by atoms with Crippen LogP contribution in [0.15, 0.2) is 36.4 Å². The molecule has 2 aromatic carbocycles. The molecule has 1 atom stereocenters. The van der Waals surface area contributed by atoms with Crippen LogP contribution in [0.4, 0.5) is 17.1 Å². The van der Waals surface area contributed by atoms with Crippen molar-refractivity contribution in [1.82, 2.24) is 5.32 Å². The van der Waals surface area contributed by atoms with Gasteiger partial charge in [-0.25, -0.2) is 0 Å². The first-order chi connectivity index (χ1) is 12.4. The summed E-state index contributed by atoms with van der Waals surface area (Å²) >= 11 is 0. The van der Waals surface area contributed by atoms with Gasteiger partial charge in [-0.05, 0) is 55.8 Å². The van der Waals surface area contributed by atoms with E-state index in [1.807, 2.05) is 26.0 Å². The van der Waals surface area contributed by atoms with Crippen LogP contribution in [0.2, 0.25) is 0 Å². The molecule has 2 aromatic rings. The topological polar surface area (TPSA) is 91.5 Å². The summed E-state index contributed by atoms with van der Waals surface area (Å²) in [4.78, 5) is 24.5. The Morgan fingerprint density at radius 3 is 2.38 bits per heavy atom. The lowest BCUT2D eigenvalue weighted by Crippen LogP contribution is -2.42. The van der Waals surface area contributed by atoms with Crippen LogP contribution in [0, 0.1) is 0 Å². The van der Waals surface area contributed by atoms with E-state index in [4.69, 9.17) is 4.74 Å². The highest BCUT2D eigenvalue weighted by atomic mass is 16.5. The fourth-order valence-electron chi connectivity index (χ4n) is 3.24. The van der Waals surface area contributed by atoms with Crippen LogP contribution in [0.1, 0.15) is 29.8 Å². The van der Waals surface area contributed by atoms with Crippen LogP contribution in [0.5, 0.6) is 5.75 Å². The molecule has 0 spiro atoms. The number of nitrogens with one attached hydrogen (secondary N) is 4. The normalized spacial score (nSPS) is 18.9. The van der Waals surface area contributed by atoms with Gasteiger partial charge in [0.25, 0.3) is 5.91 Å². The Balaban J connectivity index is 1.49. The van der Waals surface area contributed by atoms with Crippen molar-refractivity contribution in [2.45, 2.75) is 25.6 Å². The number of carbonyl (C=O) groups is 2. The third-order valence-corrected chi connectivity index (χ3v) is 4.87. The lowest BCUT2D eigenvalue weighted by Gasteiger charge is -2.16. The summed E-state index contributed by atoms with van der Waals surface area (Å²) in [5.41, 5.74) is 3.40. The summed E-state index contributed by atoms with van der Waals surface area (Å²) in [7, 11) is 1.58. The van der Waals surface area contributed by atoms with Crippen LogP contribution < -0.4 is 26.0 Å². The first-order valence-corrected chi connectivity index (χ1v) is 8.36. The second-order valence-electron chi connectivity index (χ2n) is 6.95. The number of carbonyl (C=O) groups excluding carboxylic acids is 2. The molecule has 0 bridgehead atoms. The number of hydrogen-bond acceptors (Lipinski definition) is 5. The van der Waals surface area contributed by atoms with Crippen molar-refractivity contribution < 1.29 is 14.3 Å². The maximum absolute atomic E-state index is 12.4. The molecule has 2 amide bonds. The van der Waals surface area contributed by atoms with E-state index in [-0.39, 0.29) is 11.8 Å². The fourth-order valence-corrected chi connectivity index (χ4v) is 3.24. The number of fused-ring (bicyclic) bond motifs is 2. The molecule has 0 fully saturated rings. The number of benzene rings is 2. The molecule has 4 N–H and O–H groups in total. The predicted octanol–water partition coefficient (Wildman–Crippen LogP) is 2.48. The van der Waals surface area contributed by atoms with E-state index < -0.39 is 11.7 Å². The monoisotopic (exact) mass is 352 g/mol. The molecule has 2 aliphatic rings. The highest BCUT2D eigenvalue weighted by Gasteiger charge is 2.40. The molecule has 26 heavy (non-hydrogen) atoms. The molecule has 0 saturated carbocycles. The van der Waals surface area contributed by atoms with Gasteiger partial charge >= 0.3 is 0 Å². The maximum Gasteiger partial charge on any atom is 0.254 e. The molecule has 0 radical (unpaired) electrons. The molecule has 2 aliphatic heterocycles. The summed E-state index contributed by atoms with van der Waals surface area (Å²) in [6, 6.07) is 10.8. The zero-order chi connectivity index (χ0) is 18.5. The molecular weight excluding hydrogens is 332 g/mol. The summed E-state index contributed by atoms with van der Waals surface area (Å²) < 4.78 is 5.10. The van der Waals surface area contributed by atoms with Crippen LogP contribution in [-0.2, 0) is 10.2 Å². The molecule has 0 aliphatic carbocycles. The first-order valence-electron chi connectivity index (χ1n) is 8.36. The Kier molecular flexibility index (Phi) is 3.54. The van der Waals surface area contributed by atoms with Gasteiger partial charge in [0.05, 0.1) is 23.9 Å². The zero-order valence-corrected chi connectivity index (χ0v) is 14.8. The van der Waals surface area contributed by atoms with Crippen LogP contribution >= 0.6 is 0 Å². The van der Waals surface area contributed by atoms with Crippen LogP contribution in [0.3, 0.4) is 0 Å². The van der Waals surface area contributed by atoms with E-state index in [0.29, 0.717) is 11.3 Å². The minimum Gasteiger partial charge on any atom is -0.497 e. The van der Waals surface area contributed by atoms with E-state index in [2.05, 4.69) is 21.3 Å². The number of methoxy groups -OCH3 is 1. The molecule has 0 saturated heterocycles. The SMILES string of the molecule is COc1ccc(C(=O)NC2Nc3cc4c(cc3N2)C(C)(C)C(=O)N4)cc1. The Morgan fingerprint density at radius 2 is 1.73 bits per heavy atom. The van der Waals surface area contributed by atoms with Gasteiger partial charge in [-0.2, -0.15) is 0 Å². The average Bonchev–Trinajstić information content (AvgIpc) is 3.10. The van der Waals surface area contributed by atoms with Gasteiger partial charge in [-0.15, -0.1) is 0 Å². The van der Waals surface area contributed by atoms with Crippen molar-refractivity contribution in [2.24, 2.45) is 0 Å². The van der Waals surface area contributed by atoms with Gasteiger partial charge in [0.2, 0.25) is 5.91 Å². The Morgan fingerprint density at radius 1 is 1.08 bits per heavy atom. The van der Waals surface area contributed by atoms with E-state index in [1.165, 1.54) is 0 Å². The minimum atomic E-state index is -0.573. The number of anilines is 3. The molecule has 1 unspecified atom stereocenters. The average molecular weight is 352 g/mol. The zero-order valence-electron chi connectivity index (χ0n) is 14.8. The molecule has 0 aromatic heterocycles. The van der Waals surface area contributed by atoms with Crippen LogP contribution in [0.25, 0.3) is 0 Å². The molecule has 7 nitrogen and oxygen atoms in total. The molecule has 2 heterocycles. The standard InChI is InChI=1S/C19H20N4O3/c1-19(2)12-8-14-15(9-13(12)20-17(19)25)22-18(21-14)23-16(24)10-4-6-11(26-3)7-5-10/h4-9,18,21-22H,1-3H3,(H,20,25)(H,23,24). The molecule has 7 heteroatoms. The predicted molar refractivity (Wildman–Crippen MR) is 99.6 cm³/mol. The smallest absolute Gasteiger partial charge is 0.254 e. The minimum absolute atomic E-state index is 0.0134. The third kappa shape index (κ3) is 2.52. The summed E-state index contributed by atoms with van der Waals surface area (Å²) in [6.07, 6.45) is -0.430. The van der Waals surface area contributed by atoms with E-state index in [1.54, 1.807) is 31.4 Å². The highest BCUT2D eigenvalue weighted by Crippen LogP contribution is 2.43. The van der Waals surface area contributed by atoms with Gasteiger partial charge < -0.3 is 26.0 Å². The van der Waals surface area contributed by atoms with E-state index >= 15 is 0 Å². The van der Waals surface area contributed by atoms with Gasteiger partial charge in [0, 0.05) is 11.3 Å². The number of rotatable bonds is 3. The fraction of sp³-hybridized carbons (Fsp3) is 0.263. The number of amides is 2. The first kappa shape index (κ1) is 16.3. The van der Waals surface area contributed by atoms with E-state index in [0.717, 1.165) is 22.6 Å². The van der Waals surface area contributed by atoms with Crippen LogP contribution in [-0.4, -0.2) is 25.2 Å². The van der Waals surface area contributed by atoms with Crippen molar-refractivity contribution in [3.8, 4) is 5.75 Å². The lowest BCUT2D eigenvalue weighted by atomic mass is 9.86. The van der Waals surface area contributed by atoms with E-state index in [9.17, 15) is 9.59 Å². The third-order valence-electron chi connectivity index (χ3n) is 4.87. The van der Waals surface area contributed by atoms with Gasteiger partial charge in [-0.3, -0.25) is 9.59 Å². The van der Waals surface area contributed by atoms with Gasteiger partial charge in [-0.1, -0.05) is 0 Å². The Hall–Kier alpha value is -3.22. The van der Waals surface area contributed by atoms with Crippen molar-refractivity contribution in [3.05, 3.63) is 47.5 Å². The molecule has 4 rings (SSSR count). The van der Waals surface area contributed by atoms with Gasteiger partial charge in [0.1, 0.15) is 5.75 Å². The Bertz CT molecular complexity index is 906. The maximum atomic E-state index is 12.4. The second-order valence-corrected chi connectivity index (χ2v) is 6.95. The second kappa shape index (κ2) is 5.66.